The van der Waals surface area contributed by atoms with Crippen LogP contribution in [-0.2, 0) is 0 Å². The number of rotatable bonds is 4. The maximum absolute atomic E-state index is 12.6. The summed E-state index contributed by atoms with van der Waals surface area (Å²) in [7, 11) is 0. The molecule has 2 rings (SSSR count). The smallest absolute Gasteiger partial charge is 0.274 e. The highest BCUT2D eigenvalue weighted by Crippen LogP contribution is 2.29. The third kappa shape index (κ3) is 3.40. The minimum atomic E-state index is -0.130. The monoisotopic (exact) mass is 300 g/mol. The van der Waals surface area contributed by atoms with E-state index in [1.54, 1.807) is 12.1 Å². The molecule has 0 aliphatic heterocycles. The molecule has 3 nitrogen and oxygen atoms in total. The minimum absolute atomic E-state index is 0.130. The van der Waals surface area contributed by atoms with Crippen LogP contribution in [0.25, 0.3) is 0 Å². The third-order valence-corrected chi connectivity index (χ3v) is 4.09. The van der Waals surface area contributed by atoms with Gasteiger partial charge in [0.1, 0.15) is 10.8 Å². The molecule has 1 heterocycles. The topological polar surface area (TPSA) is 33.2 Å². The second kappa shape index (κ2) is 6.10. The Hall–Kier alpha value is -0.800. The molecule has 5 heteroatoms. The van der Waals surface area contributed by atoms with Gasteiger partial charge in [-0.25, -0.2) is 4.98 Å². The van der Waals surface area contributed by atoms with Gasteiger partial charge in [0, 0.05) is 12.6 Å². The average Bonchev–Trinajstić information content (AvgIpc) is 2.29. The normalized spacial score (nSPS) is 15.4. The van der Waals surface area contributed by atoms with E-state index < -0.39 is 0 Å². The van der Waals surface area contributed by atoms with Gasteiger partial charge in [-0.3, -0.25) is 4.79 Å². The molecule has 1 aliphatic carbocycles. The van der Waals surface area contributed by atoms with Crippen molar-refractivity contribution in [1.82, 2.24) is 9.88 Å². The fourth-order valence-corrected chi connectivity index (χ4v) is 2.52. The Morgan fingerprint density at radius 2 is 2.11 bits per heavy atom. The molecule has 1 saturated carbocycles. The molecule has 104 valence electrons. The standard InChI is InChI=1S/C14H18Cl2N2O/c1-9(2)18(8-10-4-3-5-10)14(19)13-11(15)6-7-12(16)17-13/h6-7,9-10H,3-5,8H2,1-2H3. The van der Waals surface area contributed by atoms with Gasteiger partial charge in [0.2, 0.25) is 0 Å². The predicted molar refractivity (Wildman–Crippen MR) is 77.8 cm³/mol. The zero-order valence-electron chi connectivity index (χ0n) is 11.2. The molecule has 0 saturated heterocycles. The lowest BCUT2D eigenvalue weighted by molar-refractivity contribution is 0.0627. The van der Waals surface area contributed by atoms with Crippen LogP contribution in [0, 0.1) is 5.92 Å². The van der Waals surface area contributed by atoms with Gasteiger partial charge in [-0.2, -0.15) is 0 Å². The molecule has 1 amide bonds. The molecule has 1 aromatic rings. The van der Waals surface area contributed by atoms with E-state index in [4.69, 9.17) is 23.2 Å². The lowest BCUT2D eigenvalue weighted by Gasteiger charge is -2.34. The summed E-state index contributed by atoms with van der Waals surface area (Å²) in [5.41, 5.74) is 0.252. The van der Waals surface area contributed by atoms with E-state index in [0.29, 0.717) is 16.1 Å². The Morgan fingerprint density at radius 1 is 1.42 bits per heavy atom. The van der Waals surface area contributed by atoms with Crippen LogP contribution < -0.4 is 0 Å². The molecule has 0 atom stereocenters. The molecule has 1 fully saturated rings. The van der Waals surface area contributed by atoms with Gasteiger partial charge in [0.15, 0.2) is 0 Å². The van der Waals surface area contributed by atoms with Crippen molar-refractivity contribution in [2.45, 2.75) is 39.2 Å². The molecule has 0 unspecified atom stereocenters. The highest BCUT2D eigenvalue weighted by atomic mass is 35.5. The number of nitrogens with zero attached hydrogens (tertiary/aromatic N) is 2. The van der Waals surface area contributed by atoms with Crippen LogP contribution in [0.5, 0.6) is 0 Å². The van der Waals surface area contributed by atoms with E-state index in [2.05, 4.69) is 4.98 Å². The van der Waals surface area contributed by atoms with Crippen molar-refractivity contribution < 1.29 is 4.79 Å². The SMILES string of the molecule is CC(C)N(CC1CCC1)C(=O)c1nc(Cl)ccc1Cl. The van der Waals surface area contributed by atoms with Gasteiger partial charge in [-0.05, 0) is 44.7 Å². The van der Waals surface area contributed by atoms with Crippen LogP contribution in [0.4, 0.5) is 0 Å². The van der Waals surface area contributed by atoms with Gasteiger partial charge < -0.3 is 4.90 Å². The molecule has 0 spiro atoms. The molecule has 0 N–H and O–H groups in total. The molecule has 1 aromatic heterocycles. The maximum atomic E-state index is 12.6. The quantitative estimate of drug-likeness (QED) is 0.786. The average molecular weight is 301 g/mol. The molecule has 19 heavy (non-hydrogen) atoms. The van der Waals surface area contributed by atoms with Crippen LogP contribution >= 0.6 is 23.2 Å². The Labute approximate surface area is 123 Å². The van der Waals surface area contributed by atoms with Crippen molar-refractivity contribution in [2.24, 2.45) is 5.92 Å². The van der Waals surface area contributed by atoms with E-state index in [-0.39, 0.29) is 17.6 Å². The van der Waals surface area contributed by atoms with Gasteiger partial charge in [-0.1, -0.05) is 29.6 Å². The summed E-state index contributed by atoms with van der Waals surface area (Å²) in [4.78, 5) is 18.5. The fourth-order valence-electron chi connectivity index (χ4n) is 2.19. The molecule has 0 aromatic carbocycles. The minimum Gasteiger partial charge on any atom is -0.335 e. The number of hydrogen-bond acceptors (Lipinski definition) is 2. The summed E-state index contributed by atoms with van der Waals surface area (Å²) in [6, 6.07) is 3.34. The Kier molecular flexibility index (Phi) is 4.69. The van der Waals surface area contributed by atoms with E-state index in [0.717, 1.165) is 6.54 Å². The second-order valence-corrected chi connectivity index (χ2v) is 6.11. The first-order valence-corrected chi connectivity index (χ1v) is 7.37. The van der Waals surface area contributed by atoms with E-state index in [1.165, 1.54) is 19.3 Å². The highest BCUT2D eigenvalue weighted by molar-refractivity contribution is 6.34. The second-order valence-electron chi connectivity index (χ2n) is 5.31. The maximum Gasteiger partial charge on any atom is 0.274 e. The summed E-state index contributed by atoms with van der Waals surface area (Å²) < 4.78 is 0. The Morgan fingerprint density at radius 3 is 2.63 bits per heavy atom. The zero-order valence-corrected chi connectivity index (χ0v) is 12.7. The highest BCUT2D eigenvalue weighted by Gasteiger charge is 2.27. The van der Waals surface area contributed by atoms with Gasteiger partial charge in [0.05, 0.1) is 5.02 Å². The van der Waals surface area contributed by atoms with Crippen LogP contribution in [0.3, 0.4) is 0 Å². The van der Waals surface area contributed by atoms with E-state index in [9.17, 15) is 4.79 Å². The molecule has 0 radical (unpaired) electrons. The summed E-state index contributed by atoms with van der Waals surface area (Å²) in [5, 5.41) is 0.647. The molecular weight excluding hydrogens is 283 g/mol. The van der Waals surface area contributed by atoms with Crippen LogP contribution in [0.15, 0.2) is 12.1 Å². The van der Waals surface area contributed by atoms with Crippen molar-refractivity contribution in [3.8, 4) is 0 Å². The van der Waals surface area contributed by atoms with Crippen LogP contribution in [0.2, 0.25) is 10.2 Å². The first-order valence-electron chi connectivity index (χ1n) is 6.62. The fraction of sp³-hybridized carbons (Fsp3) is 0.571. The predicted octanol–water partition coefficient (Wildman–Crippen LogP) is 4.04. The number of halogens is 2. The number of carbonyl (C=O) groups excluding carboxylic acids is 1. The lowest BCUT2D eigenvalue weighted by Crippen LogP contribution is -2.42. The number of hydrogen-bond donors (Lipinski definition) is 0. The Bertz CT molecular complexity index is 473. The van der Waals surface area contributed by atoms with Crippen LogP contribution in [-0.4, -0.2) is 28.4 Å². The zero-order chi connectivity index (χ0) is 14.0. The summed E-state index contributed by atoms with van der Waals surface area (Å²) in [6.45, 7) is 4.80. The van der Waals surface area contributed by atoms with Crippen molar-refractivity contribution in [2.75, 3.05) is 6.54 Å². The number of amides is 1. The van der Waals surface area contributed by atoms with Gasteiger partial charge >= 0.3 is 0 Å². The summed E-state index contributed by atoms with van der Waals surface area (Å²) in [6.07, 6.45) is 3.67. The number of carbonyl (C=O) groups is 1. The molecule has 1 aliphatic rings. The van der Waals surface area contributed by atoms with Crippen molar-refractivity contribution in [1.29, 1.82) is 0 Å². The van der Waals surface area contributed by atoms with E-state index in [1.807, 2.05) is 18.7 Å². The van der Waals surface area contributed by atoms with Crippen molar-refractivity contribution >= 4 is 29.1 Å². The Balaban J connectivity index is 2.20. The molecule has 0 bridgehead atoms. The summed E-state index contributed by atoms with van der Waals surface area (Å²) >= 11 is 11.9. The van der Waals surface area contributed by atoms with E-state index >= 15 is 0 Å². The van der Waals surface area contributed by atoms with Crippen molar-refractivity contribution in [3.05, 3.63) is 28.0 Å². The first kappa shape index (κ1) is 14.6. The molecular formula is C14H18Cl2N2O. The number of aromatic nitrogens is 1. The van der Waals surface area contributed by atoms with Crippen molar-refractivity contribution in [3.63, 3.8) is 0 Å². The number of pyridine rings is 1. The van der Waals surface area contributed by atoms with Gasteiger partial charge in [0.25, 0.3) is 5.91 Å². The summed E-state index contributed by atoms with van der Waals surface area (Å²) in [5.74, 6) is 0.485. The lowest BCUT2D eigenvalue weighted by atomic mass is 9.85. The third-order valence-electron chi connectivity index (χ3n) is 3.58. The first-order chi connectivity index (χ1) is 8.99. The largest absolute Gasteiger partial charge is 0.335 e. The van der Waals surface area contributed by atoms with Gasteiger partial charge in [-0.15, -0.1) is 0 Å². The van der Waals surface area contributed by atoms with Crippen LogP contribution in [0.1, 0.15) is 43.6 Å².